The molecule has 1 aliphatic rings. The number of nitrogens with zero attached hydrogens (tertiary/aromatic N) is 1. The third kappa shape index (κ3) is 3.69. The maximum absolute atomic E-state index is 12.6. The Morgan fingerprint density at radius 2 is 1.39 bits per heavy atom. The molecule has 106 valence electrons. The lowest BCUT2D eigenvalue weighted by Crippen LogP contribution is -3.29. The minimum absolute atomic E-state index is 0.0999. The molecule has 4 heteroatoms. The zero-order chi connectivity index (χ0) is 13.9. The van der Waals surface area contributed by atoms with Gasteiger partial charge in [0, 0.05) is 12.1 Å². The molecule has 0 aromatic carbocycles. The van der Waals surface area contributed by atoms with Gasteiger partial charge in [0.2, 0.25) is 0 Å². The highest BCUT2D eigenvalue weighted by molar-refractivity contribution is 5.80. The van der Waals surface area contributed by atoms with Gasteiger partial charge in [0.05, 0.1) is 7.05 Å². The third-order valence-electron chi connectivity index (χ3n) is 4.10. The van der Waals surface area contributed by atoms with E-state index in [2.05, 4.69) is 41.7 Å². The van der Waals surface area contributed by atoms with Crippen LogP contribution in [0.25, 0.3) is 0 Å². The van der Waals surface area contributed by atoms with Gasteiger partial charge in [-0.05, 0) is 34.6 Å². The van der Waals surface area contributed by atoms with Crippen molar-refractivity contribution in [2.24, 2.45) is 0 Å². The average molecular weight is 257 g/mol. The minimum Gasteiger partial charge on any atom is -0.333 e. The molecule has 0 aromatic rings. The summed E-state index contributed by atoms with van der Waals surface area (Å²) >= 11 is 0. The van der Waals surface area contributed by atoms with Crippen molar-refractivity contribution in [3.05, 3.63) is 0 Å². The summed E-state index contributed by atoms with van der Waals surface area (Å²) in [7, 11) is 2.23. The van der Waals surface area contributed by atoms with E-state index in [4.69, 9.17) is 0 Å². The molecule has 1 atom stereocenters. The molecule has 2 N–H and O–H groups in total. The summed E-state index contributed by atoms with van der Waals surface area (Å²) in [6.45, 7) is 15.1. The molecular formula is C14H31N3O+2. The number of rotatable bonds is 4. The van der Waals surface area contributed by atoms with E-state index < -0.39 is 0 Å². The number of amides is 1. The van der Waals surface area contributed by atoms with E-state index in [0.29, 0.717) is 5.91 Å². The summed E-state index contributed by atoms with van der Waals surface area (Å²) in [6, 6.07) is 0.678. The molecule has 1 fully saturated rings. The van der Waals surface area contributed by atoms with Crippen LogP contribution in [0.4, 0.5) is 0 Å². The van der Waals surface area contributed by atoms with Gasteiger partial charge in [-0.1, -0.05) is 0 Å². The molecule has 1 rings (SSSR count). The van der Waals surface area contributed by atoms with Crippen LogP contribution in [0.15, 0.2) is 0 Å². The van der Waals surface area contributed by atoms with E-state index in [-0.39, 0.29) is 18.1 Å². The zero-order valence-electron chi connectivity index (χ0n) is 12.9. The Morgan fingerprint density at radius 3 is 1.78 bits per heavy atom. The summed E-state index contributed by atoms with van der Waals surface area (Å²) in [4.78, 5) is 17.7. The Labute approximate surface area is 112 Å². The standard InChI is InChI=1S/C14H29N3O/c1-11(2)17(12(3)4)14(18)13(5)16-9-7-15(6)8-10-16/h11-13H,7-10H2,1-6H3/p+2/t13-/m1/s1. The number of carbonyl (C=O) groups excluding carboxylic acids is 1. The number of nitrogens with one attached hydrogen (secondary N) is 2. The molecular weight excluding hydrogens is 226 g/mol. The first kappa shape index (κ1) is 15.4. The van der Waals surface area contributed by atoms with Crippen molar-refractivity contribution in [3.63, 3.8) is 0 Å². The average Bonchev–Trinajstić information content (AvgIpc) is 2.28. The highest BCUT2D eigenvalue weighted by Crippen LogP contribution is 2.06. The smallest absolute Gasteiger partial charge is 0.281 e. The lowest BCUT2D eigenvalue weighted by atomic mass is 10.1. The van der Waals surface area contributed by atoms with E-state index >= 15 is 0 Å². The van der Waals surface area contributed by atoms with Crippen molar-refractivity contribution in [3.8, 4) is 0 Å². The quantitative estimate of drug-likeness (QED) is 0.626. The second kappa shape index (κ2) is 6.53. The van der Waals surface area contributed by atoms with Crippen molar-refractivity contribution in [2.45, 2.75) is 52.7 Å². The fourth-order valence-corrected chi connectivity index (χ4v) is 2.93. The van der Waals surface area contributed by atoms with Gasteiger partial charge in [-0.25, -0.2) is 0 Å². The van der Waals surface area contributed by atoms with Gasteiger partial charge in [-0.3, -0.25) is 4.79 Å². The highest BCUT2D eigenvalue weighted by Gasteiger charge is 2.34. The van der Waals surface area contributed by atoms with Crippen LogP contribution in [0.5, 0.6) is 0 Å². The van der Waals surface area contributed by atoms with Gasteiger partial charge in [-0.2, -0.15) is 0 Å². The molecule has 1 amide bonds. The number of hydrogen-bond donors (Lipinski definition) is 2. The molecule has 4 nitrogen and oxygen atoms in total. The molecule has 0 aromatic heterocycles. The monoisotopic (exact) mass is 257 g/mol. The zero-order valence-corrected chi connectivity index (χ0v) is 12.9. The molecule has 0 spiro atoms. The number of quaternary nitrogens is 2. The molecule has 0 bridgehead atoms. The van der Waals surface area contributed by atoms with Crippen LogP contribution in [0.2, 0.25) is 0 Å². The summed E-state index contributed by atoms with van der Waals surface area (Å²) in [5.41, 5.74) is 0. The SMILES string of the molecule is CC(C)N(C(=O)[C@@H](C)[NH+]1CC[NH+](C)CC1)C(C)C. The molecule has 0 radical (unpaired) electrons. The lowest BCUT2D eigenvalue weighted by molar-refractivity contribution is -1.01. The normalized spacial score (nSPS) is 26.4. The second-order valence-electron chi connectivity index (χ2n) is 6.27. The number of carbonyl (C=O) groups is 1. The summed E-state index contributed by atoms with van der Waals surface area (Å²) in [6.07, 6.45) is 0. The molecule has 0 aliphatic carbocycles. The molecule has 18 heavy (non-hydrogen) atoms. The number of likely N-dealkylation sites (N-methyl/N-ethyl adjacent to an activating group) is 1. The van der Waals surface area contributed by atoms with Crippen molar-refractivity contribution >= 4 is 5.91 Å². The highest BCUT2D eigenvalue weighted by atomic mass is 16.2. The van der Waals surface area contributed by atoms with Gasteiger partial charge < -0.3 is 14.7 Å². The third-order valence-corrected chi connectivity index (χ3v) is 4.10. The topological polar surface area (TPSA) is 29.2 Å². The predicted molar refractivity (Wildman–Crippen MR) is 73.9 cm³/mol. The van der Waals surface area contributed by atoms with Crippen LogP contribution >= 0.6 is 0 Å². The van der Waals surface area contributed by atoms with Crippen molar-refractivity contribution in [1.29, 1.82) is 0 Å². The Hall–Kier alpha value is -0.610. The number of piperazine rings is 1. The fraction of sp³-hybridized carbons (Fsp3) is 0.929. The van der Waals surface area contributed by atoms with Gasteiger partial charge in [0.1, 0.15) is 26.2 Å². The Bertz CT molecular complexity index is 262. The van der Waals surface area contributed by atoms with Crippen LogP contribution in [0.1, 0.15) is 34.6 Å². The van der Waals surface area contributed by atoms with Gasteiger partial charge in [-0.15, -0.1) is 0 Å². The Morgan fingerprint density at radius 1 is 0.944 bits per heavy atom. The van der Waals surface area contributed by atoms with Gasteiger partial charge >= 0.3 is 0 Å². The van der Waals surface area contributed by atoms with Crippen LogP contribution < -0.4 is 9.80 Å². The molecule has 1 heterocycles. The van der Waals surface area contributed by atoms with Crippen molar-refractivity contribution in [2.75, 3.05) is 33.2 Å². The van der Waals surface area contributed by atoms with Crippen LogP contribution in [0, 0.1) is 0 Å². The Balaban J connectivity index is 2.64. The van der Waals surface area contributed by atoms with Crippen molar-refractivity contribution in [1.82, 2.24) is 4.90 Å². The maximum atomic E-state index is 12.6. The summed E-state index contributed by atoms with van der Waals surface area (Å²) in [5, 5.41) is 0. The van der Waals surface area contributed by atoms with E-state index in [1.165, 1.54) is 18.0 Å². The molecule has 0 unspecified atom stereocenters. The van der Waals surface area contributed by atoms with Crippen molar-refractivity contribution < 1.29 is 14.6 Å². The lowest BCUT2D eigenvalue weighted by Gasteiger charge is -2.37. The van der Waals surface area contributed by atoms with E-state index in [0.717, 1.165) is 13.1 Å². The van der Waals surface area contributed by atoms with Gasteiger partial charge in [0.25, 0.3) is 5.91 Å². The minimum atomic E-state index is 0.0999. The molecule has 1 aliphatic heterocycles. The first-order valence-corrected chi connectivity index (χ1v) is 7.32. The second-order valence-corrected chi connectivity index (χ2v) is 6.27. The van der Waals surface area contributed by atoms with Crippen LogP contribution in [-0.2, 0) is 4.79 Å². The first-order valence-electron chi connectivity index (χ1n) is 7.32. The van der Waals surface area contributed by atoms with E-state index in [9.17, 15) is 4.79 Å². The van der Waals surface area contributed by atoms with Crippen LogP contribution in [-0.4, -0.2) is 62.2 Å². The van der Waals surface area contributed by atoms with Gasteiger partial charge in [0.15, 0.2) is 6.04 Å². The summed E-state index contributed by atoms with van der Waals surface area (Å²) < 4.78 is 0. The molecule has 1 saturated heterocycles. The van der Waals surface area contributed by atoms with E-state index in [1.54, 1.807) is 4.90 Å². The predicted octanol–water partition coefficient (Wildman–Crippen LogP) is -1.57. The fourth-order valence-electron chi connectivity index (χ4n) is 2.93. The van der Waals surface area contributed by atoms with Crippen LogP contribution in [0.3, 0.4) is 0 Å². The summed E-state index contributed by atoms with van der Waals surface area (Å²) in [5.74, 6) is 0.314. The molecule has 0 saturated carbocycles. The maximum Gasteiger partial charge on any atom is 0.281 e. The number of hydrogen-bond acceptors (Lipinski definition) is 1. The Kier molecular flexibility index (Phi) is 5.60. The van der Waals surface area contributed by atoms with E-state index in [1.807, 2.05) is 4.90 Å². The first-order chi connectivity index (χ1) is 8.34. The largest absolute Gasteiger partial charge is 0.333 e.